The molecular formula is C13H16FN3O2S. The molecule has 0 aromatic heterocycles. The van der Waals surface area contributed by atoms with Gasteiger partial charge in [0.05, 0.1) is 10.5 Å². The molecule has 108 valence electrons. The largest absolute Gasteiger partial charge is 0.330 e. The third-order valence-corrected chi connectivity index (χ3v) is 5.12. The minimum atomic E-state index is -3.76. The summed E-state index contributed by atoms with van der Waals surface area (Å²) >= 11 is 0. The Kier molecular flexibility index (Phi) is 4.38. The first kappa shape index (κ1) is 14.9. The van der Waals surface area contributed by atoms with Crippen LogP contribution in [0.5, 0.6) is 0 Å². The van der Waals surface area contributed by atoms with Gasteiger partial charge in [-0.25, -0.2) is 17.5 Å². The summed E-state index contributed by atoms with van der Waals surface area (Å²) in [7, 11) is -3.76. The molecule has 0 amide bonds. The zero-order valence-corrected chi connectivity index (χ0v) is 11.7. The molecular weight excluding hydrogens is 281 g/mol. The van der Waals surface area contributed by atoms with Crippen LogP contribution in [0.25, 0.3) is 0 Å². The van der Waals surface area contributed by atoms with Crippen molar-refractivity contribution in [2.24, 2.45) is 11.7 Å². The average Bonchev–Trinajstić information content (AvgIpc) is 2.85. The van der Waals surface area contributed by atoms with Crippen LogP contribution in [0.2, 0.25) is 0 Å². The molecule has 1 aromatic carbocycles. The highest BCUT2D eigenvalue weighted by molar-refractivity contribution is 7.89. The number of benzene rings is 1. The molecule has 1 aliphatic carbocycles. The Balaban J connectivity index is 2.25. The zero-order chi connectivity index (χ0) is 14.8. The lowest BCUT2D eigenvalue weighted by atomic mass is 10.1. The first-order chi connectivity index (χ1) is 9.47. The van der Waals surface area contributed by atoms with Gasteiger partial charge in [-0.1, -0.05) is 6.42 Å². The van der Waals surface area contributed by atoms with Gasteiger partial charge < -0.3 is 5.73 Å². The highest BCUT2D eigenvalue weighted by Gasteiger charge is 2.30. The number of nitrogens with two attached hydrogens (primary N) is 1. The van der Waals surface area contributed by atoms with Gasteiger partial charge in [-0.2, -0.15) is 5.26 Å². The molecule has 0 aliphatic heterocycles. The van der Waals surface area contributed by atoms with E-state index in [1.165, 1.54) is 0 Å². The zero-order valence-electron chi connectivity index (χ0n) is 10.8. The van der Waals surface area contributed by atoms with Crippen LogP contribution in [-0.2, 0) is 10.0 Å². The summed E-state index contributed by atoms with van der Waals surface area (Å²) in [6.07, 6.45) is 2.58. The molecule has 2 rings (SSSR count). The Hall–Kier alpha value is -1.49. The van der Waals surface area contributed by atoms with Crippen LogP contribution in [0.4, 0.5) is 4.39 Å². The molecule has 0 unspecified atom stereocenters. The second kappa shape index (κ2) is 5.87. The SMILES string of the molecule is N#Cc1cc(S(=O)(=O)N[C@@H]2CCC[C@H]2CN)ccc1F. The van der Waals surface area contributed by atoms with Crippen molar-refractivity contribution in [3.05, 3.63) is 29.6 Å². The summed E-state index contributed by atoms with van der Waals surface area (Å²) in [5.74, 6) is -0.604. The number of halogens is 1. The van der Waals surface area contributed by atoms with Gasteiger partial charge in [0.15, 0.2) is 0 Å². The van der Waals surface area contributed by atoms with E-state index in [0.29, 0.717) is 6.54 Å². The van der Waals surface area contributed by atoms with E-state index in [-0.39, 0.29) is 22.4 Å². The van der Waals surface area contributed by atoms with Crippen molar-refractivity contribution in [1.29, 1.82) is 5.26 Å². The maximum absolute atomic E-state index is 13.2. The Bertz CT molecular complexity index is 640. The highest BCUT2D eigenvalue weighted by atomic mass is 32.2. The maximum Gasteiger partial charge on any atom is 0.240 e. The normalized spacial score (nSPS) is 22.6. The van der Waals surface area contributed by atoms with Gasteiger partial charge in [0.1, 0.15) is 11.9 Å². The van der Waals surface area contributed by atoms with E-state index in [1.54, 1.807) is 6.07 Å². The Morgan fingerprint density at radius 3 is 2.85 bits per heavy atom. The van der Waals surface area contributed by atoms with Crippen molar-refractivity contribution in [2.45, 2.75) is 30.2 Å². The van der Waals surface area contributed by atoms with Crippen LogP contribution in [0.15, 0.2) is 23.1 Å². The van der Waals surface area contributed by atoms with E-state index >= 15 is 0 Å². The van der Waals surface area contributed by atoms with Crippen molar-refractivity contribution >= 4 is 10.0 Å². The molecule has 0 bridgehead atoms. The smallest absolute Gasteiger partial charge is 0.240 e. The van der Waals surface area contributed by atoms with Crippen LogP contribution in [0.1, 0.15) is 24.8 Å². The van der Waals surface area contributed by atoms with Crippen molar-refractivity contribution in [1.82, 2.24) is 4.72 Å². The fourth-order valence-electron chi connectivity index (χ4n) is 2.50. The molecule has 0 spiro atoms. The first-order valence-corrected chi connectivity index (χ1v) is 7.88. The molecule has 1 saturated carbocycles. The van der Waals surface area contributed by atoms with E-state index in [1.807, 2.05) is 0 Å². The number of nitrogens with zero attached hydrogens (tertiary/aromatic N) is 1. The third-order valence-electron chi connectivity index (χ3n) is 3.64. The summed E-state index contributed by atoms with van der Waals surface area (Å²) < 4.78 is 40.3. The Morgan fingerprint density at radius 1 is 1.45 bits per heavy atom. The molecule has 3 N–H and O–H groups in total. The van der Waals surface area contributed by atoms with Gasteiger partial charge in [0, 0.05) is 6.04 Å². The van der Waals surface area contributed by atoms with E-state index < -0.39 is 15.8 Å². The second-order valence-electron chi connectivity index (χ2n) is 4.91. The number of sulfonamides is 1. The molecule has 0 saturated heterocycles. The van der Waals surface area contributed by atoms with Gasteiger partial charge in [-0.3, -0.25) is 0 Å². The van der Waals surface area contributed by atoms with Crippen LogP contribution < -0.4 is 10.5 Å². The van der Waals surface area contributed by atoms with Crippen LogP contribution >= 0.6 is 0 Å². The van der Waals surface area contributed by atoms with Gasteiger partial charge in [-0.05, 0) is 43.5 Å². The summed E-state index contributed by atoms with van der Waals surface area (Å²) in [4.78, 5) is -0.0990. The number of nitriles is 1. The number of rotatable bonds is 4. The van der Waals surface area contributed by atoms with E-state index in [2.05, 4.69) is 4.72 Å². The summed E-state index contributed by atoms with van der Waals surface area (Å²) in [6, 6.07) is 4.63. The summed E-state index contributed by atoms with van der Waals surface area (Å²) in [5.41, 5.74) is 5.34. The first-order valence-electron chi connectivity index (χ1n) is 6.40. The van der Waals surface area contributed by atoms with Gasteiger partial charge in [0.2, 0.25) is 10.0 Å². The molecule has 1 aromatic rings. The summed E-state index contributed by atoms with van der Waals surface area (Å²) in [5, 5.41) is 8.75. The molecule has 1 fully saturated rings. The van der Waals surface area contributed by atoms with Crippen LogP contribution in [0.3, 0.4) is 0 Å². The van der Waals surface area contributed by atoms with Gasteiger partial charge in [-0.15, -0.1) is 0 Å². The minimum absolute atomic E-state index is 0.0990. The lowest BCUT2D eigenvalue weighted by molar-refractivity contribution is 0.453. The maximum atomic E-state index is 13.2. The fourth-order valence-corrected chi connectivity index (χ4v) is 3.86. The number of hydrogen-bond acceptors (Lipinski definition) is 4. The predicted octanol–water partition coefficient (Wildman–Crippen LogP) is 1.10. The second-order valence-corrected chi connectivity index (χ2v) is 6.62. The van der Waals surface area contributed by atoms with Crippen molar-refractivity contribution in [3.63, 3.8) is 0 Å². The van der Waals surface area contributed by atoms with Gasteiger partial charge in [0.25, 0.3) is 0 Å². The molecule has 7 heteroatoms. The molecule has 5 nitrogen and oxygen atoms in total. The number of hydrogen-bond donors (Lipinski definition) is 2. The third kappa shape index (κ3) is 2.98. The highest BCUT2D eigenvalue weighted by Crippen LogP contribution is 2.26. The Morgan fingerprint density at radius 2 is 2.20 bits per heavy atom. The lowest BCUT2D eigenvalue weighted by Gasteiger charge is -2.19. The van der Waals surface area contributed by atoms with E-state index in [9.17, 15) is 12.8 Å². The van der Waals surface area contributed by atoms with Crippen LogP contribution in [-0.4, -0.2) is 21.0 Å². The average molecular weight is 297 g/mol. The molecule has 0 radical (unpaired) electrons. The van der Waals surface area contributed by atoms with E-state index in [0.717, 1.165) is 37.5 Å². The van der Waals surface area contributed by atoms with Crippen LogP contribution in [0, 0.1) is 23.1 Å². The molecule has 0 heterocycles. The Labute approximate surface area is 117 Å². The summed E-state index contributed by atoms with van der Waals surface area (Å²) in [6.45, 7) is 0.431. The monoisotopic (exact) mass is 297 g/mol. The standard InChI is InChI=1S/C13H16FN3O2S/c14-12-5-4-11(6-10(12)8-16)20(18,19)17-13-3-1-2-9(13)7-15/h4-6,9,13,17H,1-3,7,15H2/t9-,13+/m0/s1. The molecule has 2 atom stereocenters. The molecule has 20 heavy (non-hydrogen) atoms. The van der Waals surface area contributed by atoms with Crippen molar-refractivity contribution in [3.8, 4) is 6.07 Å². The molecule has 1 aliphatic rings. The minimum Gasteiger partial charge on any atom is -0.330 e. The fraction of sp³-hybridized carbons (Fsp3) is 0.462. The van der Waals surface area contributed by atoms with Gasteiger partial charge >= 0.3 is 0 Å². The topological polar surface area (TPSA) is 96.0 Å². The van der Waals surface area contributed by atoms with Crippen molar-refractivity contribution < 1.29 is 12.8 Å². The van der Waals surface area contributed by atoms with Crippen molar-refractivity contribution in [2.75, 3.05) is 6.54 Å². The quantitative estimate of drug-likeness (QED) is 0.870. The lowest BCUT2D eigenvalue weighted by Crippen LogP contribution is -2.39. The predicted molar refractivity (Wildman–Crippen MR) is 71.6 cm³/mol. The van der Waals surface area contributed by atoms with E-state index in [4.69, 9.17) is 11.0 Å². The number of nitrogens with one attached hydrogen (secondary N) is 1.